The topological polar surface area (TPSA) is 20.3 Å². The molecule has 2 aliphatic rings. The van der Waals surface area contributed by atoms with Crippen LogP contribution in [0.15, 0.2) is 42.5 Å². The Hall–Kier alpha value is -2.88. The van der Waals surface area contributed by atoms with Crippen LogP contribution in [-0.2, 0) is 28.7 Å². The highest BCUT2D eigenvalue weighted by Crippen LogP contribution is 2.51. The minimum absolute atomic E-state index is 0.200. The van der Waals surface area contributed by atoms with E-state index in [0.29, 0.717) is 44.7 Å². The van der Waals surface area contributed by atoms with Crippen molar-refractivity contribution in [1.82, 2.24) is 4.90 Å². The van der Waals surface area contributed by atoms with Gasteiger partial charge in [-0.1, -0.05) is 36.3 Å². The van der Waals surface area contributed by atoms with Crippen molar-refractivity contribution in [2.24, 2.45) is 0 Å². The van der Waals surface area contributed by atoms with Gasteiger partial charge in [0.05, 0.1) is 0 Å². The molecular weight excluding hydrogens is 437 g/mol. The first-order chi connectivity index (χ1) is 15.5. The number of likely N-dealkylation sites (tertiary alicyclic amines) is 1. The summed E-state index contributed by atoms with van der Waals surface area (Å²) in [6, 6.07) is 10.0. The van der Waals surface area contributed by atoms with E-state index in [0.717, 1.165) is 11.1 Å². The van der Waals surface area contributed by atoms with Gasteiger partial charge in [0, 0.05) is 18.0 Å². The number of aryl methyl sites for hydroxylation is 1. The van der Waals surface area contributed by atoms with E-state index in [4.69, 9.17) is 0 Å². The van der Waals surface area contributed by atoms with E-state index in [2.05, 4.69) is 11.8 Å². The van der Waals surface area contributed by atoms with Crippen LogP contribution in [0.5, 0.6) is 0 Å². The van der Waals surface area contributed by atoms with E-state index in [1.807, 2.05) is 0 Å². The van der Waals surface area contributed by atoms with Crippen LogP contribution in [0.4, 0.5) is 22.0 Å². The average Bonchev–Trinajstić information content (AvgIpc) is 3.14. The molecule has 3 atom stereocenters. The number of alkyl halides is 4. The van der Waals surface area contributed by atoms with Crippen LogP contribution in [-0.4, -0.2) is 29.6 Å². The molecule has 33 heavy (non-hydrogen) atoms. The predicted molar refractivity (Wildman–Crippen MR) is 115 cm³/mol. The Morgan fingerprint density at radius 1 is 1.15 bits per heavy atom. The quantitative estimate of drug-likeness (QED) is 0.429. The Morgan fingerprint density at radius 3 is 2.48 bits per heavy atom. The minimum atomic E-state index is -5.03. The lowest BCUT2D eigenvalue weighted by molar-refractivity contribution is -0.228. The summed E-state index contributed by atoms with van der Waals surface area (Å²) in [5.74, 6) is 4.58. The molecule has 2 aromatic carbocycles. The van der Waals surface area contributed by atoms with Gasteiger partial charge in [-0.05, 0) is 79.8 Å². The molecule has 2 nitrogen and oxygen atoms in total. The Bertz CT molecular complexity index is 1130. The second-order valence-electron chi connectivity index (χ2n) is 9.01. The molecule has 1 aliphatic heterocycles. The van der Waals surface area contributed by atoms with Gasteiger partial charge in [0.2, 0.25) is 5.67 Å². The van der Waals surface area contributed by atoms with Gasteiger partial charge in [0.25, 0.3) is 5.91 Å². The number of benzene rings is 2. The van der Waals surface area contributed by atoms with Crippen molar-refractivity contribution < 1.29 is 26.7 Å². The molecule has 4 rings (SSSR count). The van der Waals surface area contributed by atoms with E-state index in [9.17, 15) is 26.7 Å². The molecule has 0 spiro atoms. The summed E-state index contributed by atoms with van der Waals surface area (Å²) in [6.45, 7) is 2.59. The van der Waals surface area contributed by atoms with Crippen LogP contribution < -0.4 is 0 Å². The zero-order chi connectivity index (χ0) is 24.0. The van der Waals surface area contributed by atoms with Crippen molar-refractivity contribution in [3.63, 3.8) is 0 Å². The molecule has 2 aromatic rings. The van der Waals surface area contributed by atoms with Crippen LogP contribution in [0.1, 0.15) is 48.9 Å². The number of amides is 1. The largest absolute Gasteiger partial charge is 0.426 e. The monoisotopic (exact) mass is 461 g/mol. The van der Waals surface area contributed by atoms with E-state index < -0.39 is 22.8 Å². The van der Waals surface area contributed by atoms with Crippen molar-refractivity contribution >= 4 is 5.91 Å². The third-order valence-electron chi connectivity index (χ3n) is 7.14. The highest BCUT2D eigenvalue weighted by atomic mass is 19.4. The zero-order valence-corrected chi connectivity index (χ0v) is 18.4. The molecule has 0 aromatic heterocycles. The molecule has 0 bridgehead atoms. The van der Waals surface area contributed by atoms with E-state index in [1.54, 1.807) is 30.0 Å². The summed E-state index contributed by atoms with van der Waals surface area (Å²) in [4.78, 5) is 14.4. The first-order valence-electron chi connectivity index (χ1n) is 10.9. The number of hydrogen-bond donors (Lipinski definition) is 0. The number of carbonyl (C=O) groups is 1. The summed E-state index contributed by atoms with van der Waals surface area (Å²) >= 11 is 0. The van der Waals surface area contributed by atoms with Gasteiger partial charge in [0.15, 0.2) is 0 Å². The maximum absolute atomic E-state index is 14.7. The second kappa shape index (κ2) is 8.16. The lowest BCUT2D eigenvalue weighted by Crippen LogP contribution is -2.49. The van der Waals surface area contributed by atoms with Gasteiger partial charge in [-0.25, -0.2) is 8.78 Å². The van der Waals surface area contributed by atoms with E-state index in [-0.39, 0.29) is 17.8 Å². The smallest absolute Gasteiger partial charge is 0.328 e. The van der Waals surface area contributed by atoms with Crippen LogP contribution in [0.3, 0.4) is 0 Å². The van der Waals surface area contributed by atoms with Crippen molar-refractivity contribution in [3.8, 4) is 11.8 Å². The lowest BCUT2D eigenvalue weighted by atomic mass is 9.63. The van der Waals surface area contributed by atoms with Crippen LogP contribution in [0.25, 0.3) is 0 Å². The van der Waals surface area contributed by atoms with Crippen molar-refractivity contribution in [2.45, 2.75) is 62.8 Å². The number of nitrogens with zero attached hydrogens (tertiary/aromatic N) is 1. The molecule has 1 heterocycles. The van der Waals surface area contributed by atoms with Gasteiger partial charge in [-0.15, -0.1) is 0 Å². The molecule has 0 N–H and O–H groups in total. The normalized spacial score (nSPS) is 23.7. The van der Waals surface area contributed by atoms with Gasteiger partial charge in [-0.2, -0.15) is 13.2 Å². The van der Waals surface area contributed by atoms with Crippen LogP contribution in [0.2, 0.25) is 0 Å². The molecule has 0 saturated carbocycles. The molecule has 7 heteroatoms. The SMILES string of the molecule is CC#CC(=O)N1CC[C@@]2(Cc3ccc(F)cc3)c3ccc(C(C)(F)C(F)(F)F)cc3CC[C@@H]12. The molecule has 1 amide bonds. The zero-order valence-electron chi connectivity index (χ0n) is 18.4. The standard InChI is InChI=1S/C26H24F5NO/c1-3-4-23(33)32-14-13-25(16-17-5-9-20(27)10-6-17)21-11-8-19(24(2,28)26(29,30)31)15-18(21)7-12-22(25)32/h5-6,8-11,15,22H,7,12-14,16H2,1-2H3/t22-,24?,25-/m1/s1. The predicted octanol–water partition coefficient (Wildman–Crippen LogP) is 5.62. The third-order valence-corrected chi connectivity index (χ3v) is 7.14. The Labute approximate surface area is 189 Å². The fraction of sp³-hybridized carbons (Fsp3) is 0.423. The molecule has 1 aliphatic carbocycles. The first kappa shape index (κ1) is 23.3. The van der Waals surface area contributed by atoms with Crippen molar-refractivity contribution in [2.75, 3.05) is 6.54 Å². The summed E-state index contributed by atoms with van der Waals surface area (Å²) in [5, 5.41) is 0. The average molecular weight is 461 g/mol. The first-order valence-corrected chi connectivity index (χ1v) is 10.9. The number of fused-ring (bicyclic) bond motifs is 3. The highest BCUT2D eigenvalue weighted by Gasteiger charge is 2.55. The van der Waals surface area contributed by atoms with Gasteiger partial charge in [0.1, 0.15) is 5.82 Å². The molecule has 1 fully saturated rings. The third kappa shape index (κ3) is 3.90. The Balaban J connectivity index is 1.81. The van der Waals surface area contributed by atoms with Gasteiger partial charge < -0.3 is 4.90 Å². The molecule has 0 radical (unpaired) electrons. The Morgan fingerprint density at radius 2 is 1.85 bits per heavy atom. The van der Waals surface area contributed by atoms with Gasteiger partial charge >= 0.3 is 6.18 Å². The summed E-state index contributed by atoms with van der Waals surface area (Å²) in [5.41, 5.74) is -2.11. The van der Waals surface area contributed by atoms with Crippen LogP contribution >= 0.6 is 0 Å². The summed E-state index contributed by atoms with van der Waals surface area (Å²) in [6.07, 6.45) is -3.00. The molecular formula is C26H24F5NO. The lowest BCUT2D eigenvalue weighted by Gasteiger charge is -2.43. The fourth-order valence-electron chi connectivity index (χ4n) is 5.41. The van der Waals surface area contributed by atoms with Gasteiger partial charge in [-0.3, -0.25) is 4.79 Å². The Kier molecular flexibility index (Phi) is 5.76. The van der Waals surface area contributed by atoms with E-state index >= 15 is 0 Å². The van der Waals surface area contributed by atoms with Crippen molar-refractivity contribution in [1.29, 1.82) is 0 Å². The highest BCUT2D eigenvalue weighted by molar-refractivity contribution is 5.94. The van der Waals surface area contributed by atoms with Crippen molar-refractivity contribution in [3.05, 3.63) is 70.5 Å². The number of rotatable bonds is 3. The molecule has 1 saturated heterocycles. The fourth-order valence-corrected chi connectivity index (χ4v) is 5.41. The number of carbonyl (C=O) groups excluding carboxylic acids is 1. The second-order valence-corrected chi connectivity index (χ2v) is 9.01. The number of halogens is 5. The maximum Gasteiger partial charge on any atom is 0.426 e. The maximum atomic E-state index is 14.7. The molecule has 1 unspecified atom stereocenters. The molecule has 174 valence electrons. The van der Waals surface area contributed by atoms with Crippen LogP contribution in [0, 0.1) is 17.7 Å². The number of hydrogen-bond acceptors (Lipinski definition) is 1. The van der Waals surface area contributed by atoms with E-state index in [1.165, 1.54) is 24.3 Å². The summed E-state index contributed by atoms with van der Waals surface area (Å²) < 4.78 is 68.1. The minimum Gasteiger partial charge on any atom is -0.328 e. The summed E-state index contributed by atoms with van der Waals surface area (Å²) in [7, 11) is 0.